The van der Waals surface area contributed by atoms with Gasteiger partial charge in [-0.2, -0.15) is 0 Å². The van der Waals surface area contributed by atoms with Gasteiger partial charge in [0.15, 0.2) is 0 Å². The average Bonchev–Trinajstić information content (AvgIpc) is 2.89. The van der Waals surface area contributed by atoms with Crippen molar-refractivity contribution in [1.82, 2.24) is 5.32 Å². The van der Waals surface area contributed by atoms with Gasteiger partial charge in [0.05, 0.1) is 18.0 Å². The molecule has 84 valence electrons. The summed E-state index contributed by atoms with van der Waals surface area (Å²) in [7, 11) is 0. The summed E-state index contributed by atoms with van der Waals surface area (Å²) < 4.78 is 5.36. The van der Waals surface area contributed by atoms with Crippen LogP contribution >= 0.6 is 11.6 Å². The van der Waals surface area contributed by atoms with Gasteiger partial charge in [-0.3, -0.25) is 0 Å². The average molecular weight is 237 g/mol. The molecule has 0 aromatic heterocycles. The van der Waals surface area contributed by atoms with Gasteiger partial charge in [-0.05, 0) is 17.5 Å². The number of fused-ring (bicyclic) bond motifs is 1. The number of rotatable bonds is 1. The summed E-state index contributed by atoms with van der Waals surface area (Å²) in [6, 6.07) is 9.09. The maximum absolute atomic E-state index is 6.35. The van der Waals surface area contributed by atoms with E-state index in [1.165, 1.54) is 11.1 Å². The largest absolute Gasteiger partial charge is 0.463 e. The van der Waals surface area contributed by atoms with E-state index in [0.29, 0.717) is 12.6 Å². The van der Waals surface area contributed by atoms with Crippen LogP contribution < -0.4 is 5.32 Å². The zero-order chi connectivity index (χ0) is 11.0. The standard InChI is InChI=1S/C12H13ClN2O/c13-10-7-8-3-1-2-4-9(8)11(10)15-12-14-5-6-16-12/h1-4,10-11H,5-7H2,(H,14,15). The van der Waals surface area contributed by atoms with E-state index in [9.17, 15) is 0 Å². The molecule has 2 aliphatic rings. The van der Waals surface area contributed by atoms with E-state index in [0.717, 1.165) is 13.0 Å². The molecule has 1 heterocycles. The van der Waals surface area contributed by atoms with Crippen LogP contribution in [0.15, 0.2) is 29.3 Å². The van der Waals surface area contributed by atoms with Crippen LogP contribution in [0.1, 0.15) is 17.2 Å². The van der Waals surface area contributed by atoms with E-state index in [4.69, 9.17) is 16.3 Å². The first kappa shape index (κ1) is 9.97. The molecule has 1 aromatic carbocycles. The summed E-state index contributed by atoms with van der Waals surface area (Å²) >= 11 is 6.35. The normalized spacial score (nSPS) is 27.2. The highest BCUT2D eigenvalue weighted by atomic mass is 35.5. The van der Waals surface area contributed by atoms with Crippen LogP contribution in [0.2, 0.25) is 0 Å². The Kier molecular flexibility index (Phi) is 2.48. The molecule has 1 aliphatic carbocycles. The SMILES string of the molecule is ClC1Cc2ccccc2C1NC1=NCCO1. The minimum absolute atomic E-state index is 0.0734. The van der Waals surface area contributed by atoms with E-state index in [2.05, 4.69) is 28.5 Å². The number of ether oxygens (including phenoxy) is 1. The van der Waals surface area contributed by atoms with Gasteiger partial charge >= 0.3 is 0 Å². The van der Waals surface area contributed by atoms with Crippen molar-refractivity contribution in [3.63, 3.8) is 0 Å². The first-order valence-corrected chi connectivity index (χ1v) is 5.94. The third-order valence-corrected chi connectivity index (χ3v) is 3.44. The monoisotopic (exact) mass is 236 g/mol. The number of aliphatic imine (C=N–C) groups is 1. The number of alkyl halides is 1. The molecule has 0 spiro atoms. The highest BCUT2D eigenvalue weighted by Gasteiger charge is 2.32. The van der Waals surface area contributed by atoms with E-state index in [1.54, 1.807) is 0 Å². The van der Waals surface area contributed by atoms with Crippen molar-refractivity contribution in [3.8, 4) is 0 Å². The van der Waals surface area contributed by atoms with Crippen LogP contribution in [-0.2, 0) is 11.2 Å². The molecule has 0 amide bonds. The molecule has 0 saturated carbocycles. The molecule has 2 atom stereocenters. The number of amidine groups is 1. The van der Waals surface area contributed by atoms with Crippen LogP contribution in [0.5, 0.6) is 0 Å². The second-order valence-corrected chi connectivity index (χ2v) is 4.64. The summed E-state index contributed by atoms with van der Waals surface area (Å²) in [5, 5.41) is 3.35. The van der Waals surface area contributed by atoms with Gasteiger partial charge in [0.1, 0.15) is 6.61 Å². The molecule has 0 radical (unpaired) electrons. The molecular formula is C12H13ClN2O. The van der Waals surface area contributed by atoms with E-state index < -0.39 is 0 Å². The number of nitrogens with one attached hydrogen (secondary N) is 1. The second-order valence-electron chi connectivity index (χ2n) is 4.08. The third kappa shape index (κ3) is 1.65. The predicted octanol–water partition coefficient (Wildman–Crippen LogP) is 1.87. The lowest BCUT2D eigenvalue weighted by Gasteiger charge is -2.17. The molecule has 2 unspecified atom stereocenters. The van der Waals surface area contributed by atoms with Crippen molar-refractivity contribution in [2.45, 2.75) is 17.8 Å². The summed E-state index contributed by atoms with van der Waals surface area (Å²) in [6.07, 6.45) is 0.905. The van der Waals surface area contributed by atoms with Crippen molar-refractivity contribution in [2.75, 3.05) is 13.2 Å². The Balaban J connectivity index is 1.84. The smallest absolute Gasteiger partial charge is 0.285 e. The fraction of sp³-hybridized carbons (Fsp3) is 0.417. The number of nitrogens with zero attached hydrogens (tertiary/aromatic N) is 1. The molecule has 1 N–H and O–H groups in total. The van der Waals surface area contributed by atoms with Gasteiger partial charge in [0.25, 0.3) is 6.02 Å². The fourth-order valence-electron chi connectivity index (χ4n) is 2.27. The van der Waals surface area contributed by atoms with Gasteiger partial charge in [-0.15, -0.1) is 11.6 Å². The zero-order valence-electron chi connectivity index (χ0n) is 8.82. The first-order valence-electron chi connectivity index (χ1n) is 5.50. The minimum Gasteiger partial charge on any atom is -0.463 e. The molecule has 0 saturated heterocycles. The highest BCUT2D eigenvalue weighted by Crippen LogP contribution is 2.34. The molecular weight excluding hydrogens is 224 g/mol. The topological polar surface area (TPSA) is 33.6 Å². The number of hydrogen-bond acceptors (Lipinski definition) is 3. The summed E-state index contributed by atoms with van der Waals surface area (Å²) in [5.74, 6) is 0. The maximum atomic E-state index is 6.35. The molecule has 1 aromatic rings. The molecule has 0 bridgehead atoms. The van der Waals surface area contributed by atoms with Crippen molar-refractivity contribution in [1.29, 1.82) is 0 Å². The Labute approximate surface area is 99.5 Å². The Hall–Kier alpha value is -1.22. The Morgan fingerprint density at radius 3 is 3.06 bits per heavy atom. The Morgan fingerprint density at radius 2 is 2.25 bits per heavy atom. The van der Waals surface area contributed by atoms with Crippen LogP contribution in [0.25, 0.3) is 0 Å². The van der Waals surface area contributed by atoms with Gasteiger partial charge in [0.2, 0.25) is 0 Å². The molecule has 3 nitrogen and oxygen atoms in total. The molecule has 4 heteroatoms. The van der Waals surface area contributed by atoms with Crippen LogP contribution in [-0.4, -0.2) is 24.6 Å². The Bertz CT molecular complexity index is 433. The molecule has 16 heavy (non-hydrogen) atoms. The van der Waals surface area contributed by atoms with Crippen LogP contribution in [0, 0.1) is 0 Å². The predicted molar refractivity (Wildman–Crippen MR) is 63.9 cm³/mol. The van der Waals surface area contributed by atoms with Gasteiger partial charge in [-0.1, -0.05) is 24.3 Å². The Morgan fingerprint density at radius 1 is 1.38 bits per heavy atom. The van der Waals surface area contributed by atoms with Crippen LogP contribution in [0.4, 0.5) is 0 Å². The number of halogens is 1. The zero-order valence-corrected chi connectivity index (χ0v) is 9.57. The van der Waals surface area contributed by atoms with E-state index in [1.807, 2.05) is 6.07 Å². The minimum atomic E-state index is 0.0734. The van der Waals surface area contributed by atoms with Gasteiger partial charge in [0, 0.05) is 0 Å². The summed E-state index contributed by atoms with van der Waals surface area (Å²) in [4.78, 5) is 4.23. The fourth-order valence-corrected chi connectivity index (χ4v) is 2.63. The van der Waals surface area contributed by atoms with Gasteiger partial charge < -0.3 is 10.1 Å². The molecule has 3 rings (SSSR count). The summed E-state index contributed by atoms with van der Waals surface area (Å²) in [6.45, 7) is 1.41. The van der Waals surface area contributed by atoms with Crippen molar-refractivity contribution >= 4 is 17.6 Å². The second kappa shape index (κ2) is 3.98. The lowest BCUT2D eigenvalue weighted by Crippen LogP contribution is -2.31. The molecule has 0 fully saturated rings. The van der Waals surface area contributed by atoms with Crippen molar-refractivity contribution in [2.24, 2.45) is 4.99 Å². The van der Waals surface area contributed by atoms with Crippen molar-refractivity contribution in [3.05, 3.63) is 35.4 Å². The maximum Gasteiger partial charge on any atom is 0.285 e. The third-order valence-electron chi connectivity index (χ3n) is 3.03. The van der Waals surface area contributed by atoms with E-state index >= 15 is 0 Å². The molecule has 1 aliphatic heterocycles. The number of hydrogen-bond donors (Lipinski definition) is 1. The lowest BCUT2D eigenvalue weighted by atomic mass is 10.1. The first-order chi connectivity index (χ1) is 7.84. The van der Waals surface area contributed by atoms with Crippen LogP contribution in [0.3, 0.4) is 0 Å². The quantitative estimate of drug-likeness (QED) is 0.756. The number of benzene rings is 1. The summed E-state index contributed by atoms with van der Waals surface area (Å²) in [5.41, 5.74) is 2.58. The highest BCUT2D eigenvalue weighted by molar-refractivity contribution is 6.21. The van der Waals surface area contributed by atoms with Gasteiger partial charge in [-0.25, -0.2) is 4.99 Å². The van der Waals surface area contributed by atoms with E-state index in [-0.39, 0.29) is 11.4 Å². The van der Waals surface area contributed by atoms with Crippen molar-refractivity contribution < 1.29 is 4.74 Å². The lowest BCUT2D eigenvalue weighted by molar-refractivity contribution is 0.325.